The van der Waals surface area contributed by atoms with Crippen molar-refractivity contribution in [2.45, 2.75) is 6.42 Å². The van der Waals surface area contributed by atoms with Crippen LogP contribution in [0.5, 0.6) is 0 Å². The fraction of sp³-hybridized carbons (Fsp3) is 0.300. The summed E-state index contributed by atoms with van der Waals surface area (Å²) in [6, 6.07) is 4.04. The van der Waals surface area contributed by atoms with Gasteiger partial charge in [0, 0.05) is 38.1 Å². The Morgan fingerprint density at radius 1 is 1.58 bits per heavy atom. The molecule has 2 nitrogen and oxygen atoms in total. The summed E-state index contributed by atoms with van der Waals surface area (Å²) >= 11 is 0. The van der Waals surface area contributed by atoms with Crippen molar-refractivity contribution >= 4 is 6.08 Å². The van der Waals surface area contributed by atoms with Crippen molar-refractivity contribution in [1.29, 1.82) is 0 Å². The van der Waals surface area contributed by atoms with E-state index in [4.69, 9.17) is 0 Å². The molecule has 0 aliphatic carbocycles. The SMILES string of the molecule is CN1CC/C1=C\c1cccnc1. The molecule has 62 valence electrons. The number of likely N-dealkylation sites (tertiary alicyclic amines) is 1. The highest BCUT2D eigenvalue weighted by Gasteiger charge is 2.14. The number of aromatic nitrogens is 1. The Morgan fingerprint density at radius 2 is 2.50 bits per heavy atom. The second-order valence-corrected chi connectivity index (χ2v) is 3.09. The second kappa shape index (κ2) is 2.97. The van der Waals surface area contributed by atoms with Crippen LogP contribution in [-0.2, 0) is 0 Å². The minimum absolute atomic E-state index is 1.19. The molecule has 1 fully saturated rings. The lowest BCUT2D eigenvalue weighted by molar-refractivity contribution is 0.317. The van der Waals surface area contributed by atoms with Crippen molar-refractivity contribution in [2.75, 3.05) is 13.6 Å². The number of hydrogen-bond acceptors (Lipinski definition) is 2. The smallest absolute Gasteiger partial charge is 0.0340 e. The fourth-order valence-corrected chi connectivity index (χ4v) is 1.30. The summed E-state index contributed by atoms with van der Waals surface area (Å²) in [6.45, 7) is 1.19. The van der Waals surface area contributed by atoms with Gasteiger partial charge in [-0.15, -0.1) is 0 Å². The molecule has 0 atom stereocenters. The first-order valence-electron chi connectivity index (χ1n) is 4.18. The number of pyridine rings is 1. The maximum Gasteiger partial charge on any atom is 0.0340 e. The van der Waals surface area contributed by atoms with Crippen molar-refractivity contribution in [3.8, 4) is 0 Å². The third-order valence-corrected chi connectivity index (χ3v) is 2.21. The zero-order valence-electron chi connectivity index (χ0n) is 7.20. The topological polar surface area (TPSA) is 16.1 Å². The third kappa shape index (κ3) is 1.33. The van der Waals surface area contributed by atoms with E-state index in [-0.39, 0.29) is 0 Å². The first-order chi connectivity index (χ1) is 5.86. The Morgan fingerprint density at radius 3 is 3.00 bits per heavy atom. The molecule has 0 aromatic carbocycles. The molecule has 2 heterocycles. The normalized spacial score (nSPS) is 19.4. The number of hydrogen-bond donors (Lipinski definition) is 0. The van der Waals surface area contributed by atoms with Crippen LogP contribution in [0.4, 0.5) is 0 Å². The van der Waals surface area contributed by atoms with Gasteiger partial charge in [0.05, 0.1) is 0 Å². The van der Waals surface area contributed by atoms with E-state index in [1.54, 1.807) is 6.20 Å². The average molecular weight is 160 g/mol. The average Bonchev–Trinajstić information content (AvgIpc) is 2.14. The summed E-state index contributed by atoms with van der Waals surface area (Å²) in [6.07, 6.45) is 7.08. The van der Waals surface area contributed by atoms with Gasteiger partial charge in [-0.25, -0.2) is 0 Å². The molecule has 1 aliphatic rings. The largest absolute Gasteiger partial charge is 0.377 e. The highest BCUT2D eigenvalue weighted by atomic mass is 15.2. The van der Waals surface area contributed by atoms with Gasteiger partial charge < -0.3 is 4.90 Å². The van der Waals surface area contributed by atoms with E-state index >= 15 is 0 Å². The van der Waals surface area contributed by atoms with Crippen molar-refractivity contribution < 1.29 is 0 Å². The summed E-state index contributed by atoms with van der Waals surface area (Å²) in [5.41, 5.74) is 2.60. The van der Waals surface area contributed by atoms with Crippen LogP contribution in [0.1, 0.15) is 12.0 Å². The summed E-state index contributed by atoms with van der Waals surface area (Å²) in [5.74, 6) is 0. The van der Waals surface area contributed by atoms with Gasteiger partial charge >= 0.3 is 0 Å². The maximum absolute atomic E-state index is 4.06. The standard InChI is InChI=1S/C10H12N2/c1-12-6-4-10(12)7-9-3-2-5-11-8-9/h2-3,5,7-8H,4,6H2,1H3/b10-7+. The molecule has 0 bridgehead atoms. The molecule has 0 saturated carbocycles. The van der Waals surface area contributed by atoms with E-state index in [1.165, 1.54) is 24.2 Å². The zero-order valence-corrected chi connectivity index (χ0v) is 7.20. The van der Waals surface area contributed by atoms with Gasteiger partial charge in [-0.2, -0.15) is 0 Å². The van der Waals surface area contributed by atoms with Gasteiger partial charge in [-0.3, -0.25) is 4.98 Å². The molecule has 0 unspecified atom stereocenters. The zero-order chi connectivity index (χ0) is 8.39. The molecular weight excluding hydrogens is 148 g/mol. The molecule has 0 amide bonds. The van der Waals surface area contributed by atoms with E-state index in [2.05, 4.69) is 29.1 Å². The highest BCUT2D eigenvalue weighted by molar-refractivity contribution is 5.52. The fourth-order valence-electron chi connectivity index (χ4n) is 1.30. The molecule has 0 radical (unpaired) electrons. The van der Waals surface area contributed by atoms with E-state index in [1.807, 2.05) is 12.3 Å². The summed E-state index contributed by atoms with van der Waals surface area (Å²) < 4.78 is 0. The first-order valence-corrected chi connectivity index (χ1v) is 4.18. The Hall–Kier alpha value is -1.31. The highest BCUT2D eigenvalue weighted by Crippen LogP contribution is 2.21. The van der Waals surface area contributed by atoms with Crippen LogP contribution in [0.15, 0.2) is 30.2 Å². The van der Waals surface area contributed by atoms with Crippen molar-refractivity contribution in [2.24, 2.45) is 0 Å². The van der Waals surface area contributed by atoms with Crippen molar-refractivity contribution in [3.05, 3.63) is 35.8 Å². The van der Waals surface area contributed by atoms with Gasteiger partial charge in [-0.05, 0) is 17.7 Å². The Kier molecular flexibility index (Phi) is 1.82. The molecule has 12 heavy (non-hydrogen) atoms. The Labute approximate surface area is 72.5 Å². The second-order valence-electron chi connectivity index (χ2n) is 3.09. The summed E-state index contributed by atoms with van der Waals surface area (Å²) in [7, 11) is 2.12. The van der Waals surface area contributed by atoms with Gasteiger partial charge in [0.2, 0.25) is 0 Å². The molecule has 0 N–H and O–H groups in total. The van der Waals surface area contributed by atoms with E-state index in [0.29, 0.717) is 0 Å². The minimum atomic E-state index is 1.19. The van der Waals surface area contributed by atoms with Crippen LogP contribution in [-0.4, -0.2) is 23.5 Å². The predicted octanol–water partition coefficient (Wildman–Crippen LogP) is 1.76. The molecule has 1 saturated heterocycles. The van der Waals surface area contributed by atoms with E-state index in [0.717, 1.165) is 0 Å². The van der Waals surface area contributed by atoms with Crippen LogP contribution in [0.3, 0.4) is 0 Å². The van der Waals surface area contributed by atoms with Gasteiger partial charge in [-0.1, -0.05) is 6.07 Å². The van der Waals surface area contributed by atoms with Crippen LogP contribution >= 0.6 is 0 Å². The quantitative estimate of drug-likeness (QED) is 0.622. The molecule has 1 aromatic rings. The van der Waals surface area contributed by atoms with Crippen LogP contribution in [0.2, 0.25) is 0 Å². The van der Waals surface area contributed by atoms with Gasteiger partial charge in [0.1, 0.15) is 0 Å². The molecule has 1 aliphatic heterocycles. The van der Waals surface area contributed by atoms with E-state index < -0.39 is 0 Å². The molecule has 0 spiro atoms. The van der Waals surface area contributed by atoms with Gasteiger partial charge in [0.25, 0.3) is 0 Å². The Bertz CT molecular complexity index is 290. The molecule has 2 heteroatoms. The summed E-state index contributed by atoms with van der Waals surface area (Å²) in [5, 5.41) is 0. The summed E-state index contributed by atoms with van der Waals surface area (Å²) in [4.78, 5) is 6.32. The Balaban J connectivity index is 2.18. The van der Waals surface area contributed by atoms with Crippen molar-refractivity contribution in [3.63, 3.8) is 0 Å². The van der Waals surface area contributed by atoms with Crippen LogP contribution in [0.25, 0.3) is 6.08 Å². The lowest BCUT2D eigenvalue weighted by Gasteiger charge is -2.32. The molecule has 2 rings (SSSR count). The van der Waals surface area contributed by atoms with Crippen LogP contribution < -0.4 is 0 Å². The third-order valence-electron chi connectivity index (χ3n) is 2.21. The molecular formula is C10H12N2. The maximum atomic E-state index is 4.06. The number of nitrogens with zero attached hydrogens (tertiary/aromatic N) is 2. The monoisotopic (exact) mass is 160 g/mol. The minimum Gasteiger partial charge on any atom is -0.377 e. The lowest BCUT2D eigenvalue weighted by Crippen LogP contribution is -2.30. The van der Waals surface area contributed by atoms with Crippen molar-refractivity contribution in [1.82, 2.24) is 9.88 Å². The van der Waals surface area contributed by atoms with Gasteiger partial charge in [0.15, 0.2) is 0 Å². The molecule has 1 aromatic heterocycles. The number of rotatable bonds is 1. The van der Waals surface area contributed by atoms with Crippen LogP contribution in [0, 0.1) is 0 Å². The predicted molar refractivity (Wildman–Crippen MR) is 49.5 cm³/mol. The van der Waals surface area contributed by atoms with E-state index in [9.17, 15) is 0 Å². The first kappa shape index (κ1) is 7.35. The lowest BCUT2D eigenvalue weighted by atomic mass is 10.1.